The van der Waals surface area contributed by atoms with Crippen molar-refractivity contribution in [2.45, 2.75) is 58.3 Å². The zero-order chi connectivity index (χ0) is 16.1. The van der Waals surface area contributed by atoms with E-state index in [1.165, 1.54) is 16.7 Å². The second-order valence-corrected chi connectivity index (χ2v) is 7.74. The van der Waals surface area contributed by atoms with Crippen LogP contribution in [-0.4, -0.2) is 11.1 Å². The number of aryl methyl sites for hydroxylation is 1. The Hall–Kier alpha value is -1.57. The normalized spacial score (nSPS) is 33.7. The number of benzene rings is 1. The van der Waals surface area contributed by atoms with E-state index < -0.39 is 11.4 Å². The lowest BCUT2D eigenvalue weighted by Gasteiger charge is -2.53. The first-order valence-electron chi connectivity index (χ1n) is 8.32. The monoisotopic (exact) mass is 298 g/mol. The van der Waals surface area contributed by atoms with Crippen molar-refractivity contribution in [2.24, 2.45) is 11.3 Å². The molecule has 118 valence electrons. The van der Waals surface area contributed by atoms with Crippen molar-refractivity contribution in [1.29, 1.82) is 0 Å². The van der Waals surface area contributed by atoms with E-state index in [2.05, 4.69) is 31.7 Å². The summed E-state index contributed by atoms with van der Waals surface area (Å²) in [4.78, 5) is 11.9. The number of carboxylic acid groups (broad SMARTS) is 1. The van der Waals surface area contributed by atoms with E-state index in [9.17, 15) is 9.90 Å². The first-order chi connectivity index (χ1) is 10.3. The summed E-state index contributed by atoms with van der Waals surface area (Å²) < 4.78 is 0. The number of hydrogen-bond donors (Lipinski definition) is 1. The Morgan fingerprint density at radius 3 is 2.68 bits per heavy atom. The van der Waals surface area contributed by atoms with Gasteiger partial charge < -0.3 is 5.11 Å². The highest BCUT2D eigenvalue weighted by Crippen LogP contribution is 2.57. The fraction of sp³-hybridized carbons (Fsp3) is 0.550. The van der Waals surface area contributed by atoms with Gasteiger partial charge in [-0.3, -0.25) is 4.79 Å². The summed E-state index contributed by atoms with van der Waals surface area (Å²) in [5.74, 6) is -0.389. The van der Waals surface area contributed by atoms with E-state index in [4.69, 9.17) is 0 Å². The first kappa shape index (κ1) is 15.3. The smallest absolute Gasteiger partial charge is 0.309 e. The fourth-order valence-electron chi connectivity index (χ4n) is 5.01. The van der Waals surface area contributed by atoms with Gasteiger partial charge in [0.25, 0.3) is 0 Å². The molecule has 0 spiro atoms. The molecule has 2 nitrogen and oxygen atoms in total. The van der Waals surface area contributed by atoms with Gasteiger partial charge in [0.15, 0.2) is 0 Å². The van der Waals surface area contributed by atoms with Crippen molar-refractivity contribution in [3.63, 3.8) is 0 Å². The van der Waals surface area contributed by atoms with Crippen LogP contribution in [0.3, 0.4) is 0 Å². The Morgan fingerprint density at radius 1 is 1.32 bits per heavy atom. The van der Waals surface area contributed by atoms with Crippen LogP contribution < -0.4 is 0 Å². The van der Waals surface area contributed by atoms with Crippen LogP contribution in [-0.2, 0) is 16.6 Å². The van der Waals surface area contributed by atoms with E-state index in [0.29, 0.717) is 0 Å². The summed E-state index contributed by atoms with van der Waals surface area (Å²) in [6, 6.07) is 6.66. The van der Waals surface area contributed by atoms with Crippen molar-refractivity contribution in [1.82, 2.24) is 0 Å². The Balaban J connectivity index is 2.09. The number of rotatable bonds is 2. The molecule has 2 aliphatic carbocycles. The molecule has 1 N–H and O–H groups in total. The number of allylic oxidation sites excluding steroid dienone is 1. The molecule has 0 aliphatic heterocycles. The van der Waals surface area contributed by atoms with Gasteiger partial charge in [0.1, 0.15) is 0 Å². The lowest BCUT2D eigenvalue weighted by atomic mass is 9.50. The third-order valence-electron chi connectivity index (χ3n) is 6.33. The molecule has 0 bridgehead atoms. The van der Waals surface area contributed by atoms with Gasteiger partial charge in [-0.25, -0.2) is 0 Å². The van der Waals surface area contributed by atoms with E-state index in [0.717, 1.165) is 37.7 Å². The number of aliphatic carboxylic acids is 1. The van der Waals surface area contributed by atoms with Crippen molar-refractivity contribution in [3.05, 3.63) is 41.5 Å². The minimum absolute atomic E-state index is 0.00736. The second-order valence-electron chi connectivity index (χ2n) is 7.74. The Morgan fingerprint density at radius 2 is 2.05 bits per heavy atom. The molecule has 2 heteroatoms. The summed E-state index contributed by atoms with van der Waals surface area (Å²) in [6.07, 6.45) is 4.87. The molecule has 1 aromatic rings. The molecule has 0 amide bonds. The van der Waals surface area contributed by atoms with Gasteiger partial charge >= 0.3 is 5.97 Å². The van der Waals surface area contributed by atoms with E-state index in [1.54, 1.807) is 0 Å². The Bertz CT molecular complexity index is 645. The molecule has 22 heavy (non-hydrogen) atoms. The largest absolute Gasteiger partial charge is 0.481 e. The topological polar surface area (TPSA) is 37.3 Å². The summed E-state index contributed by atoms with van der Waals surface area (Å²) in [5, 5.41) is 9.80. The van der Waals surface area contributed by atoms with Crippen molar-refractivity contribution in [3.8, 4) is 0 Å². The summed E-state index contributed by atoms with van der Waals surface area (Å²) in [6.45, 7) is 10.3. The van der Waals surface area contributed by atoms with Crippen molar-refractivity contribution >= 4 is 11.5 Å². The van der Waals surface area contributed by atoms with Gasteiger partial charge in [-0.05, 0) is 67.6 Å². The summed E-state index contributed by atoms with van der Waals surface area (Å²) in [7, 11) is 0. The maximum atomic E-state index is 11.9. The molecule has 1 fully saturated rings. The molecule has 3 rings (SSSR count). The van der Waals surface area contributed by atoms with Gasteiger partial charge in [-0.2, -0.15) is 0 Å². The molecular weight excluding hydrogens is 272 g/mol. The molecule has 0 radical (unpaired) electrons. The minimum Gasteiger partial charge on any atom is -0.481 e. The van der Waals surface area contributed by atoms with Crippen LogP contribution in [0.1, 0.15) is 63.1 Å². The SMILES string of the molecule is C=C(C)c1ccc2c(c1)CC[C@H]1[C@@](C)(C(=O)O)CCC[C@]21C. The third-order valence-corrected chi connectivity index (χ3v) is 6.33. The fourth-order valence-corrected chi connectivity index (χ4v) is 5.01. The molecular formula is C20H26O2. The second kappa shape index (κ2) is 4.97. The quantitative estimate of drug-likeness (QED) is 0.850. The zero-order valence-electron chi connectivity index (χ0n) is 13.9. The van der Waals surface area contributed by atoms with Crippen LogP contribution in [0.4, 0.5) is 0 Å². The molecule has 0 saturated heterocycles. The zero-order valence-corrected chi connectivity index (χ0v) is 13.9. The van der Waals surface area contributed by atoms with Crippen LogP contribution in [0.15, 0.2) is 24.8 Å². The summed E-state index contributed by atoms with van der Waals surface area (Å²) in [5.41, 5.74) is 4.48. The van der Waals surface area contributed by atoms with Gasteiger partial charge in [-0.15, -0.1) is 0 Å². The van der Waals surface area contributed by atoms with Crippen LogP contribution in [0, 0.1) is 11.3 Å². The summed E-state index contributed by atoms with van der Waals surface area (Å²) >= 11 is 0. The molecule has 2 aliphatic rings. The Labute approximate surface area is 133 Å². The average Bonchev–Trinajstić information content (AvgIpc) is 2.46. The van der Waals surface area contributed by atoms with Crippen molar-refractivity contribution < 1.29 is 9.90 Å². The Kier molecular flexibility index (Phi) is 3.47. The van der Waals surface area contributed by atoms with Crippen LogP contribution in [0.25, 0.3) is 5.57 Å². The average molecular weight is 298 g/mol. The van der Waals surface area contributed by atoms with Gasteiger partial charge in [-0.1, -0.05) is 43.7 Å². The maximum absolute atomic E-state index is 11.9. The molecule has 0 unspecified atom stereocenters. The highest BCUT2D eigenvalue weighted by molar-refractivity contribution is 5.75. The molecule has 0 heterocycles. The van der Waals surface area contributed by atoms with Gasteiger partial charge in [0.05, 0.1) is 5.41 Å². The van der Waals surface area contributed by atoms with Crippen molar-refractivity contribution in [2.75, 3.05) is 0 Å². The molecule has 3 atom stereocenters. The van der Waals surface area contributed by atoms with Gasteiger partial charge in [0.2, 0.25) is 0 Å². The molecule has 1 aromatic carbocycles. The number of carbonyl (C=O) groups is 1. The highest BCUT2D eigenvalue weighted by Gasteiger charge is 2.55. The van der Waals surface area contributed by atoms with E-state index in [1.807, 2.05) is 13.8 Å². The van der Waals surface area contributed by atoms with E-state index >= 15 is 0 Å². The predicted molar refractivity (Wildman–Crippen MR) is 89.9 cm³/mol. The van der Waals surface area contributed by atoms with Crippen LogP contribution in [0.2, 0.25) is 0 Å². The third kappa shape index (κ3) is 2.04. The predicted octanol–water partition coefficient (Wildman–Crippen LogP) is 4.81. The minimum atomic E-state index is -0.620. The maximum Gasteiger partial charge on any atom is 0.309 e. The lowest BCUT2D eigenvalue weighted by molar-refractivity contribution is -0.157. The molecule has 0 aromatic heterocycles. The van der Waals surface area contributed by atoms with E-state index in [-0.39, 0.29) is 11.3 Å². The number of hydrogen-bond acceptors (Lipinski definition) is 1. The van der Waals surface area contributed by atoms with Crippen LogP contribution in [0.5, 0.6) is 0 Å². The first-order valence-corrected chi connectivity index (χ1v) is 8.32. The number of carboxylic acids is 1. The standard InChI is InChI=1S/C20H26O2/c1-13(2)14-6-8-16-15(12-14)7-9-17-19(16,3)10-5-11-20(17,4)18(21)22/h6,8,12,17H,1,5,7,9-11H2,2-4H3,(H,21,22)/t17-,19-,20+/m1/s1. The highest BCUT2D eigenvalue weighted by atomic mass is 16.4. The van der Waals surface area contributed by atoms with Crippen LogP contribution >= 0.6 is 0 Å². The van der Waals surface area contributed by atoms with Gasteiger partial charge in [0, 0.05) is 0 Å². The molecule has 1 saturated carbocycles. The lowest BCUT2D eigenvalue weighted by Crippen LogP contribution is -2.52. The number of fused-ring (bicyclic) bond motifs is 3.